The van der Waals surface area contributed by atoms with Crippen LogP contribution in [0.5, 0.6) is 0 Å². The zero-order valence-corrected chi connectivity index (χ0v) is 13.7. The van der Waals surface area contributed by atoms with Crippen molar-refractivity contribution >= 4 is 0 Å². The van der Waals surface area contributed by atoms with Gasteiger partial charge in [0.15, 0.2) is 0 Å². The Morgan fingerprint density at radius 2 is 1.81 bits per heavy atom. The second kappa shape index (κ2) is 7.41. The molecule has 2 rings (SSSR count). The Morgan fingerprint density at radius 3 is 2.33 bits per heavy atom. The van der Waals surface area contributed by atoms with Crippen molar-refractivity contribution < 1.29 is 0 Å². The molecule has 0 fully saturated rings. The van der Waals surface area contributed by atoms with Crippen LogP contribution in [0.4, 0.5) is 0 Å². The Labute approximate surface area is 128 Å². The van der Waals surface area contributed by atoms with Crippen LogP contribution in [-0.2, 0) is 19.4 Å². The molecule has 0 aliphatic carbocycles. The maximum absolute atomic E-state index is 4.89. The Morgan fingerprint density at radius 1 is 1.10 bits per heavy atom. The Balaban J connectivity index is 2.42. The Kier molecular flexibility index (Phi) is 5.57. The van der Waals surface area contributed by atoms with Gasteiger partial charge in [-0.3, -0.25) is 4.68 Å². The molecule has 0 aliphatic rings. The smallest absolute Gasteiger partial charge is 0.0672 e. The lowest BCUT2D eigenvalue weighted by atomic mass is 9.99. The van der Waals surface area contributed by atoms with Gasteiger partial charge in [-0.05, 0) is 31.9 Å². The first-order chi connectivity index (χ1) is 10.2. The number of hydrogen-bond acceptors (Lipinski definition) is 2. The molecule has 1 unspecified atom stereocenters. The molecule has 3 heteroatoms. The van der Waals surface area contributed by atoms with Crippen LogP contribution in [0.15, 0.2) is 30.3 Å². The molecule has 0 bridgehead atoms. The highest BCUT2D eigenvalue weighted by atomic mass is 15.3. The zero-order chi connectivity index (χ0) is 15.2. The lowest BCUT2D eigenvalue weighted by molar-refractivity contribution is 0.563. The van der Waals surface area contributed by atoms with E-state index in [0.29, 0.717) is 6.04 Å². The number of nitrogens with zero attached hydrogens (tertiary/aromatic N) is 2. The normalized spacial score (nSPS) is 12.6. The van der Waals surface area contributed by atoms with Gasteiger partial charge in [0.1, 0.15) is 0 Å². The SMILES string of the molecule is CCc1nn(Cc2ccccc2)c(CC)c1C(CC)NC. The first-order valence-corrected chi connectivity index (χ1v) is 8.04. The fraction of sp³-hybridized carbons (Fsp3) is 0.500. The minimum absolute atomic E-state index is 0.402. The fourth-order valence-electron chi connectivity index (χ4n) is 3.04. The van der Waals surface area contributed by atoms with Gasteiger partial charge in [-0.15, -0.1) is 0 Å². The van der Waals surface area contributed by atoms with E-state index in [9.17, 15) is 0 Å². The van der Waals surface area contributed by atoms with Gasteiger partial charge < -0.3 is 5.32 Å². The van der Waals surface area contributed by atoms with Crippen LogP contribution in [-0.4, -0.2) is 16.8 Å². The summed E-state index contributed by atoms with van der Waals surface area (Å²) in [5.41, 5.74) is 5.34. The van der Waals surface area contributed by atoms with Crippen LogP contribution in [0.1, 0.15) is 55.7 Å². The van der Waals surface area contributed by atoms with Gasteiger partial charge in [-0.1, -0.05) is 51.1 Å². The fourth-order valence-corrected chi connectivity index (χ4v) is 3.04. The summed E-state index contributed by atoms with van der Waals surface area (Å²) in [5.74, 6) is 0. The molecule has 0 saturated carbocycles. The summed E-state index contributed by atoms with van der Waals surface area (Å²) in [6, 6.07) is 11.0. The van der Waals surface area contributed by atoms with Crippen molar-refractivity contribution in [1.29, 1.82) is 0 Å². The monoisotopic (exact) mass is 285 g/mol. The number of aryl methyl sites for hydroxylation is 1. The molecule has 1 heterocycles. The molecule has 0 saturated heterocycles. The maximum Gasteiger partial charge on any atom is 0.0672 e. The van der Waals surface area contributed by atoms with Crippen LogP contribution in [0.3, 0.4) is 0 Å². The minimum atomic E-state index is 0.402. The first kappa shape index (κ1) is 15.8. The highest BCUT2D eigenvalue weighted by molar-refractivity contribution is 5.31. The highest BCUT2D eigenvalue weighted by Gasteiger charge is 2.21. The van der Waals surface area contributed by atoms with Crippen molar-refractivity contribution in [2.24, 2.45) is 0 Å². The van der Waals surface area contributed by atoms with Crippen LogP contribution in [0.25, 0.3) is 0 Å². The van der Waals surface area contributed by atoms with Crippen molar-refractivity contribution in [2.45, 2.75) is 52.6 Å². The van der Waals surface area contributed by atoms with Crippen molar-refractivity contribution in [3.8, 4) is 0 Å². The number of aromatic nitrogens is 2. The molecule has 0 aliphatic heterocycles. The van der Waals surface area contributed by atoms with Gasteiger partial charge in [0.2, 0.25) is 0 Å². The van der Waals surface area contributed by atoms with Crippen molar-refractivity contribution in [3.63, 3.8) is 0 Å². The largest absolute Gasteiger partial charge is 0.313 e. The van der Waals surface area contributed by atoms with Gasteiger partial charge in [-0.25, -0.2) is 0 Å². The first-order valence-electron chi connectivity index (χ1n) is 8.04. The average Bonchev–Trinajstić information content (AvgIpc) is 2.87. The predicted octanol–water partition coefficient (Wildman–Crippen LogP) is 3.73. The summed E-state index contributed by atoms with van der Waals surface area (Å²) in [5, 5.41) is 8.33. The molecule has 114 valence electrons. The van der Waals surface area contributed by atoms with E-state index < -0.39 is 0 Å². The van der Waals surface area contributed by atoms with Crippen LogP contribution in [0.2, 0.25) is 0 Å². The molecule has 2 aromatic rings. The third-order valence-electron chi connectivity index (χ3n) is 4.12. The molecule has 0 amide bonds. The summed E-state index contributed by atoms with van der Waals surface area (Å²) in [7, 11) is 2.04. The molecule has 21 heavy (non-hydrogen) atoms. The molecule has 3 nitrogen and oxygen atoms in total. The molecule has 0 radical (unpaired) electrons. The molecule has 1 aromatic carbocycles. The molecule has 1 atom stereocenters. The quantitative estimate of drug-likeness (QED) is 0.840. The summed E-state index contributed by atoms with van der Waals surface area (Å²) in [6.07, 6.45) is 3.10. The number of rotatable bonds is 7. The average molecular weight is 285 g/mol. The number of hydrogen-bond donors (Lipinski definition) is 1. The van der Waals surface area contributed by atoms with E-state index in [2.05, 4.69) is 61.1 Å². The van der Waals surface area contributed by atoms with E-state index >= 15 is 0 Å². The van der Waals surface area contributed by atoms with E-state index in [-0.39, 0.29) is 0 Å². The lowest BCUT2D eigenvalue weighted by Crippen LogP contribution is -2.18. The standard InChI is InChI=1S/C18H27N3/c1-5-15(19-4)18-16(6-2)20-21(17(18)7-3)13-14-11-9-8-10-12-14/h8-12,15,19H,5-7,13H2,1-4H3. The van der Waals surface area contributed by atoms with E-state index in [1.807, 2.05) is 7.05 Å². The van der Waals surface area contributed by atoms with E-state index in [4.69, 9.17) is 5.10 Å². The predicted molar refractivity (Wildman–Crippen MR) is 88.6 cm³/mol. The van der Waals surface area contributed by atoms with Crippen LogP contribution < -0.4 is 5.32 Å². The minimum Gasteiger partial charge on any atom is -0.313 e. The van der Waals surface area contributed by atoms with Crippen LogP contribution in [0, 0.1) is 0 Å². The topological polar surface area (TPSA) is 29.9 Å². The van der Waals surface area contributed by atoms with Gasteiger partial charge >= 0.3 is 0 Å². The van der Waals surface area contributed by atoms with E-state index in [1.165, 1.54) is 22.5 Å². The maximum atomic E-state index is 4.89. The Hall–Kier alpha value is -1.61. The lowest BCUT2D eigenvalue weighted by Gasteiger charge is -2.16. The van der Waals surface area contributed by atoms with E-state index in [1.54, 1.807) is 0 Å². The Bertz CT molecular complexity index is 553. The van der Waals surface area contributed by atoms with E-state index in [0.717, 1.165) is 25.8 Å². The van der Waals surface area contributed by atoms with Gasteiger partial charge in [0.25, 0.3) is 0 Å². The van der Waals surface area contributed by atoms with Gasteiger partial charge in [-0.2, -0.15) is 5.10 Å². The third kappa shape index (κ3) is 3.35. The molecule has 1 N–H and O–H groups in total. The summed E-state index contributed by atoms with van der Waals surface area (Å²) in [6.45, 7) is 7.51. The van der Waals surface area contributed by atoms with Gasteiger partial charge in [0.05, 0.1) is 12.2 Å². The second-order valence-corrected chi connectivity index (χ2v) is 5.41. The van der Waals surface area contributed by atoms with Gasteiger partial charge in [0, 0.05) is 17.3 Å². The summed E-state index contributed by atoms with van der Waals surface area (Å²) in [4.78, 5) is 0. The van der Waals surface area contributed by atoms with Crippen molar-refractivity contribution in [2.75, 3.05) is 7.05 Å². The second-order valence-electron chi connectivity index (χ2n) is 5.41. The van der Waals surface area contributed by atoms with Crippen molar-refractivity contribution in [1.82, 2.24) is 15.1 Å². The molecular formula is C18H27N3. The molecule has 0 spiro atoms. The number of benzene rings is 1. The number of nitrogens with one attached hydrogen (secondary N) is 1. The molecule has 1 aromatic heterocycles. The van der Waals surface area contributed by atoms with Crippen molar-refractivity contribution in [3.05, 3.63) is 52.8 Å². The summed E-state index contributed by atoms with van der Waals surface area (Å²) < 4.78 is 2.20. The zero-order valence-electron chi connectivity index (χ0n) is 13.7. The third-order valence-corrected chi connectivity index (χ3v) is 4.12. The van der Waals surface area contributed by atoms with Crippen LogP contribution >= 0.6 is 0 Å². The molecular weight excluding hydrogens is 258 g/mol. The summed E-state index contributed by atoms with van der Waals surface area (Å²) >= 11 is 0. The highest BCUT2D eigenvalue weighted by Crippen LogP contribution is 2.26.